The van der Waals surface area contributed by atoms with Crippen molar-refractivity contribution in [2.75, 3.05) is 43.9 Å². The van der Waals surface area contributed by atoms with E-state index in [1.807, 2.05) is 13.0 Å². The van der Waals surface area contributed by atoms with Crippen molar-refractivity contribution in [3.05, 3.63) is 47.8 Å². The average Bonchev–Trinajstić information content (AvgIpc) is 2.57. The summed E-state index contributed by atoms with van der Waals surface area (Å²) in [4.78, 5) is 13.6. The van der Waals surface area contributed by atoms with Gasteiger partial charge in [0.1, 0.15) is 17.5 Å². The molecule has 0 aliphatic carbocycles. The second-order valence-corrected chi connectivity index (χ2v) is 6.24. The summed E-state index contributed by atoms with van der Waals surface area (Å²) >= 11 is 0. The van der Waals surface area contributed by atoms with Gasteiger partial charge in [0.25, 0.3) is 0 Å². The lowest BCUT2D eigenvalue weighted by molar-refractivity contribution is 0.405. The first kappa shape index (κ1) is 18.2. The molecule has 0 atom stereocenters. The maximum absolute atomic E-state index is 4.62. The Balaban J connectivity index is 2.05. The largest absolute Gasteiger partial charge is 0.370 e. The molecule has 1 aromatic heterocycles. The quantitative estimate of drug-likeness (QED) is 0.717. The third-order valence-electron chi connectivity index (χ3n) is 3.83. The minimum absolute atomic E-state index is 0.800. The maximum Gasteiger partial charge on any atom is 0.134 e. The van der Waals surface area contributed by atoms with E-state index < -0.39 is 0 Å². The van der Waals surface area contributed by atoms with Gasteiger partial charge >= 0.3 is 0 Å². The standard InChI is InChI=1S/C19H29N5/c1-5-24(15-17-10-7-6-8-11-17)19-14-18(21-16(2)22-19)20-12-9-13-23(3)4/h6-8,10-11,14H,5,9,12-13,15H2,1-4H3,(H,20,21,22). The molecule has 130 valence electrons. The van der Waals surface area contributed by atoms with E-state index in [1.165, 1.54) is 5.56 Å². The number of aryl methyl sites for hydroxylation is 1. The lowest BCUT2D eigenvalue weighted by Gasteiger charge is -2.23. The molecule has 1 heterocycles. The van der Waals surface area contributed by atoms with Gasteiger partial charge in [0.05, 0.1) is 0 Å². The summed E-state index contributed by atoms with van der Waals surface area (Å²) in [5.74, 6) is 2.68. The van der Waals surface area contributed by atoms with E-state index in [-0.39, 0.29) is 0 Å². The molecule has 0 aliphatic rings. The molecular weight excluding hydrogens is 298 g/mol. The van der Waals surface area contributed by atoms with Gasteiger partial charge in [0.2, 0.25) is 0 Å². The predicted octanol–water partition coefficient (Wildman–Crippen LogP) is 3.18. The van der Waals surface area contributed by atoms with E-state index in [1.54, 1.807) is 0 Å². The molecule has 2 rings (SSSR count). The van der Waals surface area contributed by atoms with Crippen LogP contribution in [0.25, 0.3) is 0 Å². The van der Waals surface area contributed by atoms with Gasteiger partial charge in [-0.15, -0.1) is 0 Å². The fourth-order valence-electron chi connectivity index (χ4n) is 2.57. The Hall–Kier alpha value is -2.14. The van der Waals surface area contributed by atoms with Crippen LogP contribution in [-0.4, -0.2) is 48.6 Å². The molecule has 0 saturated carbocycles. The van der Waals surface area contributed by atoms with Crippen molar-refractivity contribution in [2.45, 2.75) is 26.8 Å². The highest BCUT2D eigenvalue weighted by atomic mass is 15.2. The van der Waals surface area contributed by atoms with Crippen LogP contribution in [0.1, 0.15) is 24.7 Å². The van der Waals surface area contributed by atoms with E-state index in [4.69, 9.17) is 0 Å². The first-order valence-electron chi connectivity index (χ1n) is 8.61. The van der Waals surface area contributed by atoms with Crippen molar-refractivity contribution >= 4 is 11.6 Å². The Morgan fingerprint density at radius 3 is 2.50 bits per heavy atom. The topological polar surface area (TPSA) is 44.3 Å². The number of hydrogen-bond donors (Lipinski definition) is 1. The smallest absolute Gasteiger partial charge is 0.134 e. The first-order chi connectivity index (χ1) is 11.6. The predicted molar refractivity (Wildman–Crippen MR) is 102 cm³/mol. The van der Waals surface area contributed by atoms with Gasteiger partial charge in [0, 0.05) is 25.7 Å². The van der Waals surface area contributed by atoms with E-state index in [9.17, 15) is 0 Å². The maximum atomic E-state index is 4.62. The highest BCUT2D eigenvalue weighted by Gasteiger charge is 2.09. The summed E-state index contributed by atoms with van der Waals surface area (Å²) in [5.41, 5.74) is 1.29. The van der Waals surface area contributed by atoms with Crippen molar-refractivity contribution in [1.82, 2.24) is 14.9 Å². The number of nitrogens with one attached hydrogen (secondary N) is 1. The van der Waals surface area contributed by atoms with Crippen LogP contribution in [0.15, 0.2) is 36.4 Å². The molecule has 5 heteroatoms. The minimum Gasteiger partial charge on any atom is -0.370 e. The van der Waals surface area contributed by atoms with E-state index in [0.717, 1.165) is 50.1 Å². The molecule has 24 heavy (non-hydrogen) atoms. The molecule has 0 radical (unpaired) electrons. The zero-order chi connectivity index (χ0) is 17.4. The molecule has 0 fully saturated rings. The van der Waals surface area contributed by atoms with Crippen molar-refractivity contribution in [1.29, 1.82) is 0 Å². The molecule has 0 unspecified atom stereocenters. The summed E-state index contributed by atoms with van der Waals surface area (Å²) in [5, 5.41) is 3.42. The van der Waals surface area contributed by atoms with Gasteiger partial charge in [-0.25, -0.2) is 9.97 Å². The number of aromatic nitrogens is 2. The Bertz CT molecular complexity index is 612. The van der Waals surface area contributed by atoms with E-state index in [0.29, 0.717) is 0 Å². The fraction of sp³-hybridized carbons (Fsp3) is 0.474. The molecule has 0 aliphatic heterocycles. The number of hydrogen-bond acceptors (Lipinski definition) is 5. The molecule has 0 amide bonds. The second-order valence-electron chi connectivity index (χ2n) is 6.24. The van der Waals surface area contributed by atoms with E-state index in [2.05, 4.69) is 76.4 Å². The SMILES string of the molecule is CCN(Cc1ccccc1)c1cc(NCCCN(C)C)nc(C)n1. The summed E-state index contributed by atoms with van der Waals surface area (Å²) < 4.78 is 0. The zero-order valence-corrected chi connectivity index (χ0v) is 15.3. The summed E-state index contributed by atoms with van der Waals surface area (Å²) in [6.07, 6.45) is 1.09. The molecule has 1 aromatic carbocycles. The zero-order valence-electron chi connectivity index (χ0n) is 15.3. The third-order valence-corrected chi connectivity index (χ3v) is 3.83. The Labute approximate surface area is 145 Å². The van der Waals surface area contributed by atoms with Gasteiger partial charge in [-0.05, 0) is 46.5 Å². The normalized spacial score (nSPS) is 10.9. The van der Waals surface area contributed by atoms with Crippen molar-refractivity contribution < 1.29 is 0 Å². The number of benzene rings is 1. The molecule has 0 saturated heterocycles. The van der Waals surface area contributed by atoms with Crippen LogP contribution in [0.3, 0.4) is 0 Å². The van der Waals surface area contributed by atoms with Crippen molar-refractivity contribution in [3.8, 4) is 0 Å². The molecule has 0 spiro atoms. The van der Waals surface area contributed by atoms with Crippen LogP contribution in [0.5, 0.6) is 0 Å². The van der Waals surface area contributed by atoms with Crippen molar-refractivity contribution in [3.63, 3.8) is 0 Å². The minimum atomic E-state index is 0.800. The van der Waals surface area contributed by atoms with Crippen LogP contribution in [-0.2, 0) is 6.54 Å². The summed E-state index contributed by atoms with van der Waals surface area (Å²) in [6, 6.07) is 12.5. The van der Waals surface area contributed by atoms with Gasteiger partial charge < -0.3 is 15.1 Å². The highest BCUT2D eigenvalue weighted by molar-refractivity contribution is 5.49. The van der Waals surface area contributed by atoms with Crippen LogP contribution >= 0.6 is 0 Å². The first-order valence-corrected chi connectivity index (χ1v) is 8.61. The van der Waals surface area contributed by atoms with Gasteiger partial charge in [-0.3, -0.25) is 0 Å². The van der Waals surface area contributed by atoms with Gasteiger partial charge in [-0.1, -0.05) is 30.3 Å². The molecule has 1 N–H and O–H groups in total. The number of anilines is 2. The Morgan fingerprint density at radius 1 is 1.08 bits per heavy atom. The number of nitrogens with zero attached hydrogens (tertiary/aromatic N) is 4. The summed E-state index contributed by atoms with van der Waals surface area (Å²) in [6.45, 7) is 7.85. The van der Waals surface area contributed by atoms with Gasteiger partial charge in [-0.2, -0.15) is 0 Å². The molecular formula is C19H29N5. The fourth-order valence-corrected chi connectivity index (χ4v) is 2.57. The van der Waals surface area contributed by atoms with Gasteiger partial charge in [0.15, 0.2) is 0 Å². The molecule has 2 aromatic rings. The van der Waals surface area contributed by atoms with Crippen LogP contribution in [0, 0.1) is 6.92 Å². The van der Waals surface area contributed by atoms with Crippen LogP contribution in [0.2, 0.25) is 0 Å². The third kappa shape index (κ3) is 5.81. The second kappa shape index (κ2) is 9.23. The Morgan fingerprint density at radius 2 is 1.83 bits per heavy atom. The lowest BCUT2D eigenvalue weighted by Crippen LogP contribution is -2.24. The Kier molecular flexibility index (Phi) is 7.00. The number of rotatable bonds is 9. The monoisotopic (exact) mass is 327 g/mol. The van der Waals surface area contributed by atoms with E-state index >= 15 is 0 Å². The molecule has 5 nitrogen and oxygen atoms in total. The summed E-state index contributed by atoms with van der Waals surface area (Å²) in [7, 11) is 4.19. The lowest BCUT2D eigenvalue weighted by atomic mass is 10.2. The average molecular weight is 327 g/mol. The van der Waals surface area contributed by atoms with Crippen LogP contribution < -0.4 is 10.2 Å². The highest BCUT2D eigenvalue weighted by Crippen LogP contribution is 2.18. The van der Waals surface area contributed by atoms with Crippen molar-refractivity contribution in [2.24, 2.45) is 0 Å². The van der Waals surface area contributed by atoms with Crippen LogP contribution in [0.4, 0.5) is 11.6 Å². The molecule has 0 bridgehead atoms.